The monoisotopic (exact) mass is 446 g/mol. The number of carbonyl (C=O) groups excluding carboxylic acids is 1. The number of amides is 1. The number of anilines is 1. The quantitative estimate of drug-likeness (QED) is 0.474. The second-order valence-electron chi connectivity index (χ2n) is 8.23. The van der Waals surface area contributed by atoms with Crippen molar-refractivity contribution in [3.63, 3.8) is 0 Å². The summed E-state index contributed by atoms with van der Waals surface area (Å²) in [6.07, 6.45) is 4.30. The molecular formula is C24H26N6O3. The summed E-state index contributed by atoms with van der Waals surface area (Å²) < 4.78 is 15.0. The first kappa shape index (κ1) is 21.0. The molecule has 9 nitrogen and oxygen atoms in total. The van der Waals surface area contributed by atoms with Crippen LogP contribution in [0.5, 0.6) is 11.5 Å². The SMILES string of the molecule is CCCn1nccc1NC(=O)c1cc(-c2ccc3c(c2)OCCO3)nc2c1cnn2C(C)C. The molecule has 0 spiro atoms. The fraction of sp³-hybridized carbons (Fsp3) is 0.333. The molecule has 0 saturated heterocycles. The highest BCUT2D eigenvalue weighted by molar-refractivity contribution is 6.12. The molecule has 0 fully saturated rings. The molecule has 1 aliphatic rings. The fourth-order valence-corrected chi connectivity index (χ4v) is 3.95. The van der Waals surface area contributed by atoms with Gasteiger partial charge in [0.1, 0.15) is 19.0 Å². The Morgan fingerprint density at radius 3 is 2.73 bits per heavy atom. The van der Waals surface area contributed by atoms with Crippen LogP contribution in [0.2, 0.25) is 0 Å². The van der Waals surface area contributed by atoms with Crippen molar-refractivity contribution in [2.75, 3.05) is 18.5 Å². The molecule has 0 saturated carbocycles. The number of nitrogens with zero attached hydrogens (tertiary/aromatic N) is 5. The number of fused-ring (bicyclic) bond motifs is 2. The Balaban J connectivity index is 1.60. The second-order valence-corrected chi connectivity index (χ2v) is 8.23. The molecule has 170 valence electrons. The van der Waals surface area contributed by atoms with Gasteiger partial charge in [-0.15, -0.1) is 0 Å². The van der Waals surface area contributed by atoms with E-state index < -0.39 is 0 Å². The predicted octanol–water partition coefficient (Wildman–Crippen LogP) is 4.31. The van der Waals surface area contributed by atoms with Crippen molar-refractivity contribution in [2.24, 2.45) is 0 Å². The number of rotatable bonds is 6. The zero-order valence-electron chi connectivity index (χ0n) is 18.9. The van der Waals surface area contributed by atoms with E-state index in [0.29, 0.717) is 52.8 Å². The van der Waals surface area contributed by atoms with Crippen LogP contribution < -0.4 is 14.8 Å². The summed E-state index contributed by atoms with van der Waals surface area (Å²) in [5.74, 6) is 1.80. The van der Waals surface area contributed by atoms with E-state index in [2.05, 4.69) is 22.4 Å². The van der Waals surface area contributed by atoms with Crippen LogP contribution in [-0.2, 0) is 6.54 Å². The van der Waals surface area contributed by atoms with Crippen LogP contribution >= 0.6 is 0 Å². The van der Waals surface area contributed by atoms with Crippen LogP contribution in [0.3, 0.4) is 0 Å². The van der Waals surface area contributed by atoms with Gasteiger partial charge in [-0.25, -0.2) is 14.3 Å². The molecule has 0 aliphatic carbocycles. The van der Waals surface area contributed by atoms with E-state index in [1.807, 2.05) is 36.7 Å². The van der Waals surface area contributed by atoms with Gasteiger partial charge in [0, 0.05) is 24.2 Å². The van der Waals surface area contributed by atoms with E-state index in [4.69, 9.17) is 14.5 Å². The van der Waals surface area contributed by atoms with Gasteiger partial charge in [0.05, 0.1) is 29.0 Å². The van der Waals surface area contributed by atoms with Gasteiger partial charge in [-0.05, 0) is 44.5 Å². The van der Waals surface area contributed by atoms with Crippen LogP contribution in [0, 0.1) is 0 Å². The van der Waals surface area contributed by atoms with E-state index in [-0.39, 0.29) is 11.9 Å². The molecular weight excluding hydrogens is 420 g/mol. The topological polar surface area (TPSA) is 96.1 Å². The zero-order valence-corrected chi connectivity index (χ0v) is 18.9. The number of carbonyl (C=O) groups is 1. The number of pyridine rings is 1. The molecule has 3 aromatic heterocycles. The van der Waals surface area contributed by atoms with Crippen LogP contribution in [0.4, 0.5) is 5.82 Å². The molecule has 4 heterocycles. The van der Waals surface area contributed by atoms with Crippen molar-refractivity contribution in [2.45, 2.75) is 39.8 Å². The smallest absolute Gasteiger partial charge is 0.257 e. The third-order valence-corrected chi connectivity index (χ3v) is 5.53. The Hall–Kier alpha value is -3.88. The first-order valence-corrected chi connectivity index (χ1v) is 11.2. The van der Waals surface area contributed by atoms with Crippen molar-refractivity contribution in [1.82, 2.24) is 24.5 Å². The third kappa shape index (κ3) is 3.90. The van der Waals surface area contributed by atoms with E-state index in [0.717, 1.165) is 18.5 Å². The summed E-state index contributed by atoms with van der Waals surface area (Å²) in [4.78, 5) is 18.3. The summed E-state index contributed by atoms with van der Waals surface area (Å²) in [5.41, 5.74) is 2.66. The summed E-state index contributed by atoms with van der Waals surface area (Å²) in [5, 5.41) is 12.5. The minimum absolute atomic E-state index is 0.0902. The van der Waals surface area contributed by atoms with E-state index in [9.17, 15) is 4.79 Å². The highest BCUT2D eigenvalue weighted by Crippen LogP contribution is 2.35. The molecule has 33 heavy (non-hydrogen) atoms. The Bertz CT molecular complexity index is 1320. The highest BCUT2D eigenvalue weighted by Gasteiger charge is 2.21. The van der Waals surface area contributed by atoms with Crippen molar-refractivity contribution >= 4 is 22.8 Å². The predicted molar refractivity (Wildman–Crippen MR) is 125 cm³/mol. The second kappa shape index (κ2) is 8.57. The summed E-state index contributed by atoms with van der Waals surface area (Å²) >= 11 is 0. The van der Waals surface area contributed by atoms with Gasteiger partial charge in [-0.2, -0.15) is 10.2 Å². The lowest BCUT2D eigenvalue weighted by Crippen LogP contribution is -2.17. The summed E-state index contributed by atoms with van der Waals surface area (Å²) in [7, 11) is 0. The Morgan fingerprint density at radius 2 is 1.94 bits per heavy atom. The van der Waals surface area contributed by atoms with E-state index in [1.54, 1.807) is 29.2 Å². The number of hydrogen-bond acceptors (Lipinski definition) is 6. The van der Waals surface area contributed by atoms with Gasteiger partial charge in [-0.3, -0.25) is 4.79 Å². The first-order valence-electron chi connectivity index (χ1n) is 11.2. The lowest BCUT2D eigenvalue weighted by atomic mass is 10.1. The Morgan fingerprint density at radius 1 is 1.12 bits per heavy atom. The molecule has 0 unspecified atom stereocenters. The molecule has 1 aliphatic heterocycles. The largest absolute Gasteiger partial charge is 0.486 e. The lowest BCUT2D eigenvalue weighted by Gasteiger charge is -2.19. The Kier molecular flexibility index (Phi) is 5.45. The van der Waals surface area contributed by atoms with Gasteiger partial charge in [0.15, 0.2) is 17.1 Å². The molecule has 4 aromatic rings. The minimum Gasteiger partial charge on any atom is -0.486 e. The molecule has 5 rings (SSSR count). The number of aromatic nitrogens is 5. The minimum atomic E-state index is -0.234. The number of hydrogen-bond donors (Lipinski definition) is 1. The van der Waals surface area contributed by atoms with Crippen molar-refractivity contribution in [3.05, 3.63) is 48.3 Å². The number of benzene rings is 1. The normalized spacial score (nSPS) is 13.0. The van der Waals surface area contributed by atoms with Crippen LogP contribution in [0.25, 0.3) is 22.3 Å². The molecule has 1 N–H and O–H groups in total. The number of nitrogens with one attached hydrogen (secondary N) is 1. The van der Waals surface area contributed by atoms with Gasteiger partial charge < -0.3 is 14.8 Å². The first-order chi connectivity index (χ1) is 16.0. The van der Waals surface area contributed by atoms with Gasteiger partial charge in [-0.1, -0.05) is 6.92 Å². The summed E-state index contributed by atoms with van der Waals surface area (Å²) in [6, 6.07) is 9.39. The lowest BCUT2D eigenvalue weighted by molar-refractivity contribution is 0.102. The molecule has 9 heteroatoms. The molecule has 1 amide bonds. The maximum Gasteiger partial charge on any atom is 0.257 e. The molecule has 1 aromatic carbocycles. The van der Waals surface area contributed by atoms with Crippen molar-refractivity contribution in [1.29, 1.82) is 0 Å². The van der Waals surface area contributed by atoms with Crippen molar-refractivity contribution in [3.8, 4) is 22.8 Å². The van der Waals surface area contributed by atoms with E-state index in [1.165, 1.54) is 0 Å². The Labute approximate surface area is 191 Å². The molecule has 0 atom stereocenters. The number of ether oxygens (including phenoxy) is 2. The maximum atomic E-state index is 13.4. The maximum absolute atomic E-state index is 13.4. The van der Waals surface area contributed by atoms with Crippen LogP contribution in [-0.4, -0.2) is 43.7 Å². The highest BCUT2D eigenvalue weighted by atomic mass is 16.6. The van der Waals surface area contributed by atoms with Crippen LogP contribution in [0.1, 0.15) is 43.6 Å². The third-order valence-electron chi connectivity index (χ3n) is 5.53. The standard InChI is InChI=1S/C24H26N6O3/c1-4-9-29-22(7-8-25-29)28-24(31)17-13-19(27-23-18(17)14-26-30(23)15(2)3)16-5-6-20-21(12-16)33-11-10-32-20/h5-8,12-15H,4,9-11H2,1-3H3,(H,28,31). The van der Waals surface area contributed by atoms with Gasteiger partial charge in [0.25, 0.3) is 5.91 Å². The van der Waals surface area contributed by atoms with E-state index >= 15 is 0 Å². The average molecular weight is 447 g/mol. The zero-order chi connectivity index (χ0) is 22.9. The van der Waals surface area contributed by atoms with Crippen LogP contribution in [0.15, 0.2) is 42.7 Å². The molecule has 0 bridgehead atoms. The summed E-state index contributed by atoms with van der Waals surface area (Å²) in [6.45, 7) is 7.90. The average Bonchev–Trinajstić information content (AvgIpc) is 3.45. The molecule has 0 radical (unpaired) electrons. The van der Waals surface area contributed by atoms with Crippen molar-refractivity contribution < 1.29 is 14.3 Å². The fourth-order valence-electron chi connectivity index (χ4n) is 3.95. The van der Waals surface area contributed by atoms with Gasteiger partial charge in [0.2, 0.25) is 0 Å². The van der Waals surface area contributed by atoms with Gasteiger partial charge >= 0.3 is 0 Å². The number of aryl methyl sites for hydroxylation is 1.